The summed E-state index contributed by atoms with van der Waals surface area (Å²) in [6, 6.07) is -0.101. The van der Waals surface area contributed by atoms with Gasteiger partial charge in [0.25, 0.3) is 5.72 Å². The molecule has 1 aromatic heterocycles. The minimum atomic E-state index is -1.37. The predicted molar refractivity (Wildman–Crippen MR) is 88.6 cm³/mol. The molecule has 0 amide bonds. The minimum absolute atomic E-state index is 0.0435. The van der Waals surface area contributed by atoms with Crippen LogP contribution < -0.4 is 10.2 Å². The number of H-pyrrole nitrogens is 1. The quantitative estimate of drug-likeness (QED) is 0.507. The summed E-state index contributed by atoms with van der Waals surface area (Å²) in [7, 11) is 0. The Kier molecular flexibility index (Phi) is 1.95. The van der Waals surface area contributed by atoms with Crippen molar-refractivity contribution in [2.24, 2.45) is 5.41 Å². The summed E-state index contributed by atoms with van der Waals surface area (Å²) in [5.41, 5.74) is 2.96. The van der Waals surface area contributed by atoms with Gasteiger partial charge in [0.15, 0.2) is 0 Å². The topological polar surface area (TPSA) is 86.6 Å². The van der Waals surface area contributed by atoms with E-state index in [0.29, 0.717) is 24.4 Å². The highest BCUT2D eigenvalue weighted by Crippen LogP contribution is 2.66. The van der Waals surface area contributed by atoms with Crippen LogP contribution >= 0.6 is 11.8 Å². The molecule has 2 aliphatic carbocycles. The van der Waals surface area contributed by atoms with E-state index >= 15 is 0 Å². The molecule has 5 heterocycles. The fourth-order valence-corrected chi connectivity index (χ4v) is 7.79. The van der Waals surface area contributed by atoms with E-state index < -0.39 is 5.72 Å². The monoisotopic (exact) mass is 354 g/mol. The molecule has 7 heteroatoms. The lowest BCUT2D eigenvalue weighted by Crippen LogP contribution is -3.24. The zero-order valence-electron chi connectivity index (χ0n) is 13.3. The van der Waals surface area contributed by atoms with Gasteiger partial charge in [0, 0.05) is 40.2 Å². The first-order valence-electron chi connectivity index (χ1n) is 8.81. The smallest absolute Gasteiger partial charge is 0.265 e. The molecule has 5 atom stereocenters. The second-order valence-corrected chi connectivity index (χ2v) is 9.37. The van der Waals surface area contributed by atoms with E-state index in [0.717, 1.165) is 39.3 Å². The van der Waals surface area contributed by atoms with Gasteiger partial charge in [0.2, 0.25) is 11.6 Å². The number of Topliss-reactive ketones (excluding diaryl/α,β-unsaturated/α-hetero) is 1. The fraction of sp³-hybridized carbons (Fsp3) is 0.444. The summed E-state index contributed by atoms with van der Waals surface area (Å²) >= 11 is 1.66. The van der Waals surface area contributed by atoms with E-state index in [2.05, 4.69) is 10.3 Å². The fourth-order valence-electron chi connectivity index (χ4n) is 6.27. The Bertz CT molecular complexity index is 1010. The van der Waals surface area contributed by atoms with Crippen LogP contribution in [0.5, 0.6) is 0 Å². The summed E-state index contributed by atoms with van der Waals surface area (Å²) in [6.45, 7) is 0.706. The number of nitrogens with one attached hydrogen (secondary N) is 3. The molecule has 2 saturated heterocycles. The van der Waals surface area contributed by atoms with E-state index in [-0.39, 0.29) is 28.4 Å². The molecule has 3 bridgehead atoms. The number of thioether (sulfide) groups is 1. The molecule has 5 unspecified atom stereocenters. The minimum Gasteiger partial charge on any atom is -0.370 e. The third-order valence-corrected chi connectivity index (χ3v) is 8.50. The number of fused-ring (bicyclic) bond motifs is 3. The Hall–Kier alpha value is -1.83. The van der Waals surface area contributed by atoms with Gasteiger partial charge in [-0.3, -0.25) is 14.5 Å². The molecule has 6 nitrogen and oxygen atoms in total. The van der Waals surface area contributed by atoms with E-state index in [1.54, 1.807) is 17.8 Å². The van der Waals surface area contributed by atoms with Crippen molar-refractivity contribution in [1.29, 1.82) is 0 Å². The second-order valence-electron chi connectivity index (χ2n) is 8.13. The molecule has 6 aliphatic rings. The highest BCUT2D eigenvalue weighted by Gasteiger charge is 2.72. The van der Waals surface area contributed by atoms with Gasteiger partial charge in [0.05, 0.1) is 29.7 Å². The molecule has 1 aromatic rings. The van der Waals surface area contributed by atoms with E-state index in [1.165, 1.54) is 0 Å². The van der Waals surface area contributed by atoms with Crippen LogP contribution in [0.25, 0.3) is 0 Å². The second kappa shape index (κ2) is 3.65. The highest BCUT2D eigenvalue weighted by atomic mass is 32.2. The van der Waals surface area contributed by atoms with Crippen molar-refractivity contribution >= 4 is 23.3 Å². The van der Waals surface area contributed by atoms with Crippen molar-refractivity contribution < 1.29 is 19.6 Å². The summed E-state index contributed by atoms with van der Waals surface area (Å²) in [5, 5.41) is 15.0. The molecule has 4 aliphatic heterocycles. The summed E-state index contributed by atoms with van der Waals surface area (Å²) < 4.78 is 0. The number of rotatable bonds is 0. The van der Waals surface area contributed by atoms with Gasteiger partial charge < -0.3 is 15.4 Å². The van der Waals surface area contributed by atoms with Gasteiger partial charge in [-0.2, -0.15) is 0 Å². The number of aromatic amines is 1. The molecule has 0 saturated carbocycles. The number of aliphatic hydroxyl groups is 1. The number of piperidine rings is 1. The highest BCUT2D eigenvalue weighted by molar-refractivity contribution is 8.04. The van der Waals surface area contributed by atoms with Crippen LogP contribution in [0.15, 0.2) is 28.4 Å². The van der Waals surface area contributed by atoms with Crippen molar-refractivity contribution in [3.63, 3.8) is 0 Å². The lowest BCUT2D eigenvalue weighted by Gasteiger charge is -2.57. The molecular formula is C18H16N3O3S+. The molecular weight excluding hydrogens is 338 g/mol. The largest absolute Gasteiger partial charge is 0.370 e. The van der Waals surface area contributed by atoms with Crippen molar-refractivity contribution in [3.05, 3.63) is 45.3 Å². The lowest BCUT2D eigenvalue weighted by molar-refractivity contribution is -0.997. The number of aromatic nitrogens is 1. The van der Waals surface area contributed by atoms with E-state index in [1.807, 2.05) is 6.20 Å². The molecule has 126 valence electrons. The number of carbonyl (C=O) groups is 2. The number of ketones is 2. The molecule has 4 N–H and O–H groups in total. The van der Waals surface area contributed by atoms with Crippen molar-refractivity contribution in [2.75, 3.05) is 6.54 Å². The van der Waals surface area contributed by atoms with Crippen LogP contribution in [-0.2, 0) is 11.2 Å². The van der Waals surface area contributed by atoms with Crippen LogP contribution in [0.1, 0.15) is 40.5 Å². The first-order valence-corrected chi connectivity index (χ1v) is 9.69. The van der Waals surface area contributed by atoms with Gasteiger partial charge >= 0.3 is 0 Å². The summed E-state index contributed by atoms with van der Waals surface area (Å²) in [4.78, 5) is 31.2. The molecule has 25 heavy (non-hydrogen) atoms. The Morgan fingerprint density at radius 1 is 1.36 bits per heavy atom. The first kappa shape index (κ1) is 13.4. The normalized spacial score (nSPS) is 44.7. The maximum atomic E-state index is 13.2. The maximum Gasteiger partial charge on any atom is 0.265 e. The standard InChI is InChI=1S/C18H15N3O3S/c22-8-3-9-17-4-10(25-9)20-14-12(17)15-11-7(5-19-13(11)16(14)23)1-2-21(15)18(8,24)6-17/h3,5,10,15,19-20,24H,1-2,4,6H2/p+1. The van der Waals surface area contributed by atoms with Gasteiger partial charge in [-0.1, -0.05) is 0 Å². The average molecular weight is 354 g/mol. The van der Waals surface area contributed by atoms with Crippen LogP contribution in [0.2, 0.25) is 0 Å². The molecule has 2 fully saturated rings. The average Bonchev–Trinajstić information content (AvgIpc) is 3.12. The van der Waals surface area contributed by atoms with Gasteiger partial charge in [0.1, 0.15) is 6.04 Å². The van der Waals surface area contributed by atoms with Crippen molar-refractivity contribution in [1.82, 2.24) is 10.3 Å². The SMILES string of the molecule is O=C1C2=C3C4c5c(c[nH]c51)CC[NH+]4C1(O)CC34CC(N2)SC4=CC1=O. The van der Waals surface area contributed by atoms with Crippen LogP contribution in [0, 0.1) is 5.41 Å². The third kappa shape index (κ3) is 1.19. The predicted octanol–water partition coefficient (Wildman–Crippen LogP) is -0.441. The Morgan fingerprint density at radius 3 is 3.12 bits per heavy atom. The van der Waals surface area contributed by atoms with Crippen LogP contribution in [0.3, 0.4) is 0 Å². The summed E-state index contributed by atoms with van der Waals surface area (Å²) in [5.74, 6) is -0.122. The van der Waals surface area contributed by atoms with E-state index in [4.69, 9.17) is 0 Å². The Balaban J connectivity index is 1.65. The van der Waals surface area contributed by atoms with Crippen LogP contribution in [-0.4, -0.2) is 39.3 Å². The van der Waals surface area contributed by atoms with Gasteiger partial charge in [-0.15, -0.1) is 11.8 Å². The zero-order chi connectivity index (χ0) is 16.7. The molecule has 0 aromatic carbocycles. The Morgan fingerprint density at radius 2 is 2.24 bits per heavy atom. The molecule has 1 spiro atoms. The lowest BCUT2D eigenvalue weighted by atomic mass is 9.57. The maximum absolute atomic E-state index is 13.2. The van der Waals surface area contributed by atoms with Gasteiger partial charge in [-0.25, -0.2) is 0 Å². The number of carbonyl (C=O) groups excluding carboxylic acids is 2. The third-order valence-electron chi connectivity index (χ3n) is 7.17. The molecule has 0 radical (unpaired) electrons. The van der Waals surface area contributed by atoms with Crippen molar-refractivity contribution in [2.45, 2.75) is 36.4 Å². The number of hydrogen-bond acceptors (Lipinski definition) is 5. The van der Waals surface area contributed by atoms with Crippen molar-refractivity contribution in [3.8, 4) is 0 Å². The number of quaternary nitrogens is 1. The van der Waals surface area contributed by atoms with Crippen LogP contribution in [0.4, 0.5) is 0 Å². The summed E-state index contributed by atoms with van der Waals surface area (Å²) in [6.07, 6.45) is 5.65. The molecule has 7 rings (SSSR count). The number of hydrogen-bond donors (Lipinski definition) is 4. The van der Waals surface area contributed by atoms with Gasteiger partial charge in [-0.05, 0) is 12.0 Å². The first-order chi connectivity index (χ1) is 12.0. The van der Waals surface area contributed by atoms with E-state index in [9.17, 15) is 14.7 Å². The number of allylic oxidation sites excluding steroid dienone is 2. The zero-order valence-corrected chi connectivity index (χ0v) is 14.1. The Labute approximate surface area is 147 Å².